The van der Waals surface area contributed by atoms with Gasteiger partial charge >= 0.3 is 0 Å². The minimum absolute atomic E-state index is 0.170. The van der Waals surface area contributed by atoms with Gasteiger partial charge in [0.2, 0.25) is 5.91 Å². The van der Waals surface area contributed by atoms with Crippen LogP contribution in [0.4, 0.5) is 10.1 Å². The van der Waals surface area contributed by atoms with Crippen LogP contribution in [0, 0.1) is 5.82 Å². The lowest BCUT2D eigenvalue weighted by Crippen LogP contribution is -2.35. The van der Waals surface area contributed by atoms with Crippen LogP contribution in [-0.4, -0.2) is 44.5 Å². The summed E-state index contributed by atoms with van der Waals surface area (Å²) in [6, 6.07) is 10.2. The molecule has 132 valence electrons. The standard InChI is InChI=1S/C18H19FN2O4/c1-21(11-17(22)20-13-6-4-12(19)5-7-13)18(23)15-10-14(24-2)8-9-16(15)25-3/h4-10H,11H2,1-3H3,(H,20,22). The van der Waals surface area contributed by atoms with E-state index in [0.29, 0.717) is 22.7 Å². The van der Waals surface area contributed by atoms with Gasteiger partial charge in [-0.15, -0.1) is 0 Å². The Hall–Kier alpha value is -3.09. The predicted octanol–water partition coefficient (Wildman–Crippen LogP) is 2.55. The van der Waals surface area contributed by atoms with Crippen LogP contribution in [0.3, 0.4) is 0 Å². The molecule has 2 aromatic carbocycles. The summed E-state index contributed by atoms with van der Waals surface area (Å²) in [5.74, 6) is -0.283. The van der Waals surface area contributed by atoms with Crippen molar-refractivity contribution in [1.29, 1.82) is 0 Å². The number of amides is 2. The quantitative estimate of drug-likeness (QED) is 0.873. The molecule has 6 nitrogen and oxygen atoms in total. The number of carbonyl (C=O) groups excluding carboxylic acids is 2. The number of nitrogens with one attached hydrogen (secondary N) is 1. The van der Waals surface area contributed by atoms with Crippen molar-refractivity contribution in [3.8, 4) is 11.5 Å². The van der Waals surface area contributed by atoms with Gasteiger partial charge in [0.05, 0.1) is 26.3 Å². The van der Waals surface area contributed by atoms with Crippen molar-refractivity contribution in [2.45, 2.75) is 0 Å². The summed E-state index contributed by atoms with van der Waals surface area (Å²) in [5, 5.41) is 2.60. The molecule has 0 radical (unpaired) electrons. The van der Waals surface area contributed by atoms with Crippen molar-refractivity contribution in [2.24, 2.45) is 0 Å². The molecule has 0 saturated heterocycles. The molecule has 0 aromatic heterocycles. The number of nitrogens with zero attached hydrogens (tertiary/aromatic N) is 1. The molecule has 25 heavy (non-hydrogen) atoms. The van der Waals surface area contributed by atoms with Crippen LogP contribution >= 0.6 is 0 Å². The van der Waals surface area contributed by atoms with Gasteiger partial charge in [-0.25, -0.2) is 4.39 Å². The number of hydrogen-bond donors (Lipinski definition) is 1. The highest BCUT2D eigenvalue weighted by molar-refractivity contribution is 6.01. The van der Waals surface area contributed by atoms with Gasteiger partial charge in [0.25, 0.3) is 5.91 Å². The monoisotopic (exact) mass is 346 g/mol. The first-order valence-corrected chi connectivity index (χ1v) is 7.47. The molecule has 0 aliphatic carbocycles. The molecule has 7 heteroatoms. The third-order valence-corrected chi connectivity index (χ3v) is 3.49. The normalized spacial score (nSPS) is 10.1. The molecular formula is C18H19FN2O4. The number of benzene rings is 2. The third kappa shape index (κ3) is 4.69. The first-order valence-electron chi connectivity index (χ1n) is 7.47. The van der Waals surface area contributed by atoms with E-state index in [9.17, 15) is 14.0 Å². The zero-order valence-electron chi connectivity index (χ0n) is 14.2. The van der Waals surface area contributed by atoms with Crippen LogP contribution in [0.2, 0.25) is 0 Å². The van der Waals surface area contributed by atoms with E-state index in [-0.39, 0.29) is 12.5 Å². The van der Waals surface area contributed by atoms with E-state index in [1.165, 1.54) is 50.4 Å². The Morgan fingerprint density at radius 2 is 1.76 bits per heavy atom. The molecule has 2 aromatic rings. The average molecular weight is 346 g/mol. The Bertz CT molecular complexity index is 762. The maximum Gasteiger partial charge on any atom is 0.257 e. The topological polar surface area (TPSA) is 67.9 Å². The number of hydrogen-bond acceptors (Lipinski definition) is 4. The Labute approximate surface area is 145 Å². The lowest BCUT2D eigenvalue weighted by molar-refractivity contribution is -0.116. The van der Waals surface area contributed by atoms with E-state index < -0.39 is 11.7 Å². The van der Waals surface area contributed by atoms with Gasteiger partial charge in [0, 0.05) is 12.7 Å². The highest BCUT2D eigenvalue weighted by Crippen LogP contribution is 2.25. The molecule has 1 N–H and O–H groups in total. The zero-order valence-corrected chi connectivity index (χ0v) is 14.2. The lowest BCUT2D eigenvalue weighted by atomic mass is 10.1. The van der Waals surface area contributed by atoms with Gasteiger partial charge in [-0.3, -0.25) is 9.59 Å². The molecule has 0 aliphatic rings. The number of methoxy groups -OCH3 is 2. The molecule has 2 rings (SSSR count). The summed E-state index contributed by atoms with van der Waals surface area (Å²) in [4.78, 5) is 25.9. The Morgan fingerprint density at radius 3 is 2.36 bits per heavy atom. The third-order valence-electron chi connectivity index (χ3n) is 3.49. The lowest BCUT2D eigenvalue weighted by Gasteiger charge is -2.19. The van der Waals surface area contributed by atoms with Gasteiger partial charge in [-0.1, -0.05) is 0 Å². The summed E-state index contributed by atoms with van der Waals surface area (Å²) in [6.07, 6.45) is 0. The Morgan fingerprint density at radius 1 is 1.08 bits per heavy atom. The van der Waals surface area contributed by atoms with E-state index in [1.54, 1.807) is 18.2 Å². The van der Waals surface area contributed by atoms with Crippen LogP contribution < -0.4 is 14.8 Å². The fourth-order valence-electron chi connectivity index (χ4n) is 2.21. The van der Waals surface area contributed by atoms with Crippen molar-refractivity contribution >= 4 is 17.5 Å². The molecule has 0 unspecified atom stereocenters. The summed E-state index contributed by atoms with van der Waals surface area (Å²) in [5.41, 5.74) is 0.741. The second-order valence-corrected chi connectivity index (χ2v) is 5.28. The van der Waals surface area contributed by atoms with Gasteiger partial charge in [-0.2, -0.15) is 0 Å². The Balaban J connectivity index is 2.06. The largest absolute Gasteiger partial charge is 0.497 e. The molecule has 0 bridgehead atoms. The van der Waals surface area contributed by atoms with E-state index >= 15 is 0 Å². The average Bonchev–Trinajstić information content (AvgIpc) is 2.62. The molecule has 0 fully saturated rings. The van der Waals surface area contributed by atoms with Crippen LogP contribution in [0.5, 0.6) is 11.5 Å². The molecular weight excluding hydrogens is 327 g/mol. The van der Waals surface area contributed by atoms with Crippen LogP contribution in [0.25, 0.3) is 0 Å². The van der Waals surface area contributed by atoms with Gasteiger partial charge in [0.15, 0.2) is 0 Å². The summed E-state index contributed by atoms with van der Waals surface area (Å²) in [6.45, 7) is -0.170. The molecule has 0 heterocycles. The fraction of sp³-hybridized carbons (Fsp3) is 0.222. The van der Waals surface area contributed by atoms with E-state index in [0.717, 1.165) is 0 Å². The Kier molecular flexibility index (Phi) is 5.94. The maximum absolute atomic E-state index is 12.9. The van der Waals surface area contributed by atoms with E-state index in [2.05, 4.69) is 5.32 Å². The van der Waals surface area contributed by atoms with Crippen LogP contribution in [0.1, 0.15) is 10.4 Å². The maximum atomic E-state index is 12.9. The van der Waals surface area contributed by atoms with E-state index in [1.807, 2.05) is 0 Å². The summed E-state index contributed by atoms with van der Waals surface area (Å²) < 4.78 is 23.2. The first kappa shape index (κ1) is 18.3. The zero-order chi connectivity index (χ0) is 18.4. The minimum Gasteiger partial charge on any atom is -0.497 e. The van der Waals surface area contributed by atoms with E-state index in [4.69, 9.17) is 9.47 Å². The second-order valence-electron chi connectivity index (χ2n) is 5.28. The SMILES string of the molecule is COc1ccc(OC)c(C(=O)N(C)CC(=O)Nc2ccc(F)cc2)c1. The number of anilines is 1. The van der Waals surface area contributed by atoms with Crippen molar-refractivity contribution in [3.63, 3.8) is 0 Å². The van der Waals surface area contributed by atoms with Crippen molar-refractivity contribution < 1.29 is 23.5 Å². The van der Waals surface area contributed by atoms with Crippen LogP contribution in [-0.2, 0) is 4.79 Å². The molecule has 0 spiro atoms. The number of rotatable bonds is 6. The number of likely N-dealkylation sites (N-methyl/N-ethyl adjacent to an activating group) is 1. The second kappa shape index (κ2) is 8.14. The minimum atomic E-state index is -0.399. The fourth-order valence-corrected chi connectivity index (χ4v) is 2.21. The van der Waals surface area contributed by atoms with Gasteiger partial charge in [0.1, 0.15) is 17.3 Å². The summed E-state index contributed by atoms with van der Waals surface area (Å²) >= 11 is 0. The van der Waals surface area contributed by atoms with Gasteiger partial charge in [-0.05, 0) is 42.5 Å². The van der Waals surface area contributed by atoms with Crippen molar-refractivity contribution in [1.82, 2.24) is 4.90 Å². The van der Waals surface area contributed by atoms with Gasteiger partial charge < -0.3 is 19.7 Å². The smallest absolute Gasteiger partial charge is 0.257 e. The van der Waals surface area contributed by atoms with Crippen molar-refractivity contribution in [2.75, 3.05) is 33.1 Å². The predicted molar refractivity (Wildman–Crippen MR) is 91.5 cm³/mol. The summed E-state index contributed by atoms with van der Waals surface area (Å²) in [7, 11) is 4.46. The number of carbonyl (C=O) groups is 2. The first-order chi connectivity index (χ1) is 11.9. The highest BCUT2D eigenvalue weighted by Gasteiger charge is 2.19. The molecule has 2 amide bonds. The highest BCUT2D eigenvalue weighted by atomic mass is 19.1. The molecule has 0 atom stereocenters. The molecule has 0 aliphatic heterocycles. The number of ether oxygens (including phenoxy) is 2. The molecule has 0 saturated carbocycles. The van der Waals surface area contributed by atoms with Crippen LogP contribution in [0.15, 0.2) is 42.5 Å². The van der Waals surface area contributed by atoms with Crippen molar-refractivity contribution in [3.05, 3.63) is 53.8 Å². The number of halogens is 1.